The van der Waals surface area contributed by atoms with Crippen LogP contribution in [0.25, 0.3) is 0 Å². The first-order valence-corrected chi connectivity index (χ1v) is 7.45. The highest BCUT2D eigenvalue weighted by molar-refractivity contribution is 6.42. The molecule has 0 spiro atoms. The van der Waals surface area contributed by atoms with Crippen LogP contribution < -0.4 is 10.2 Å². The van der Waals surface area contributed by atoms with E-state index in [-0.39, 0.29) is 0 Å². The van der Waals surface area contributed by atoms with Crippen molar-refractivity contribution >= 4 is 34.6 Å². The van der Waals surface area contributed by atoms with Gasteiger partial charge in [0.2, 0.25) is 0 Å². The Balaban J connectivity index is 1.89. The number of hydrogen-bond acceptors (Lipinski definition) is 2. The number of anilines is 2. The molecule has 0 radical (unpaired) electrons. The predicted molar refractivity (Wildman–Crippen MR) is 89.3 cm³/mol. The van der Waals surface area contributed by atoms with Gasteiger partial charge in [-0.25, -0.2) is 0 Å². The van der Waals surface area contributed by atoms with E-state index in [0.29, 0.717) is 10.0 Å². The van der Waals surface area contributed by atoms with E-state index in [0.717, 1.165) is 25.3 Å². The molecule has 2 aromatic rings. The molecule has 2 aromatic carbocycles. The molecular formula is C16H18Cl2N2. The normalized spacial score (nSPS) is 10.3. The molecule has 0 fully saturated rings. The summed E-state index contributed by atoms with van der Waals surface area (Å²) in [6.07, 6.45) is 0. The van der Waals surface area contributed by atoms with E-state index in [1.807, 2.05) is 18.2 Å². The molecule has 0 aliphatic heterocycles. The summed E-state index contributed by atoms with van der Waals surface area (Å²) in [7, 11) is 0. The van der Waals surface area contributed by atoms with Crippen molar-refractivity contribution in [2.24, 2.45) is 0 Å². The van der Waals surface area contributed by atoms with Gasteiger partial charge in [0.25, 0.3) is 0 Å². The molecule has 0 saturated carbocycles. The predicted octanol–water partition coefficient (Wildman–Crippen LogP) is 4.93. The Bertz CT molecular complexity index is 543. The largest absolute Gasteiger partial charge is 0.383 e. The van der Waals surface area contributed by atoms with Crippen LogP contribution in [0, 0.1) is 0 Å². The Labute approximate surface area is 130 Å². The fourth-order valence-electron chi connectivity index (χ4n) is 2.05. The van der Waals surface area contributed by atoms with E-state index >= 15 is 0 Å². The molecule has 0 aliphatic rings. The molecular weight excluding hydrogens is 291 g/mol. The molecule has 0 heterocycles. The van der Waals surface area contributed by atoms with Crippen LogP contribution in [0.15, 0.2) is 48.5 Å². The van der Waals surface area contributed by atoms with E-state index in [1.165, 1.54) is 5.69 Å². The van der Waals surface area contributed by atoms with Crippen molar-refractivity contribution in [1.29, 1.82) is 0 Å². The van der Waals surface area contributed by atoms with Gasteiger partial charge in [-0.2, -0.15) is 0 Å². The third-order valence-corrected chi connectivity index (χ3v) is 3.87. The van der Waals surface area contributed by atoms with Gasteiger partial charge < -0.3 is 10.2 Å². The first kappa shape index (κ1) is 15.0. The molecule has 0 aliphatic carbocycles. The van der Waals surface area contributed by atoms with E-state index in [4.69, 9.17) is 23.2 Å². The maximum absolute atomic E-state index is 6.00. The molecule has 106 valence electrons. The number of hydrogen-bond donors (Lipinski definition) is 1. The molecule has 20 heavy (non-hydrogen) atoms. The standard InChI is InChI=1S/C16H18Cl2N2/c1-2-20(14-6-4-3-5-7-14)11-10-19-13-8-9-15(17)16(18)12-13/h3-9,12,19H,2,10-11H2,1H3. The monoisotopic (exact) mass is 308 g/mol. The van der Waals surface area contributed by atoms with Crippen LogP contribution in [0.2, 0.25) is 10.0 Å². The highest BCUT2D eigenvalue weighted by Gasteiger charge is 2.03. The van der Waals surface area contributed by atoms with Gasteiger partial charge in [-0.3, -0.25) is 0 Å². The van der Waals surface area contributed by atoms with Gasteiger partial charge in [0.15, 0.2) is 0 Å². The number of nitrogens with zero attached hydrogens (tertiary/aromatic N) is 1. The van der Waals surface area contributed by atoms with Crippen molar-refractivity contribution in [1.82, 2.24) is 0 Å². The van der Waals surface area contributed by atoms with Gasteiger partial charge in [0, 0.05) is 31.0 Å². The minimum absolute atomic E-state index is 0.576. The van der Waals surface area contributed by atoms with Gasteiger partial charge >= 0.3 is 0 Å². The van der Waals surface area contributed by atoms with Crippen molar-refractivity contribution < 1.29 is 0 Å². The lowest BCUT2D eigenvalue weighted by atomic mass is 10.3. The van der Waals surface area contributed by atoms with Gasteiger partial charge in [-0.05, 0) is 37.3 Å². The number of para-hydroxylation sites is 1. The molecule has 0 unspecified atom stereocenters. The molecule has 0 bridgehead atoms. The van der Waals surface area contributed by atoms with Crippen molar-refractivity contribution in [3.63, 3.8) is 0 Å². The topological polar surface area (TPSA) is 15.3 Å². The summed E-state index contributed by atoms with van der Waals surface area (Å²) in [5, 5.41) is 4.52. The summed E-state index contributed by atoms with van der Waals surface area (Å²) in [4.78, 5) is 2.32. The lowest BCUT2D eigenvalue weighted by Gasteiger charge is -2.23. The zero-order chi connectivity index (χ0) is 14.4. The Hall–Kier alpha value is -1.38. The number of rotatable bonds is 6. The lowest BCUT2D eigenvalue weighted by Crippen LogP contribution is -2.28. The van der Waals surface area contributed by atoms with Crippen molar-refractivity contribution in [2.75, 3.05) is 29.9 Å². The Morgan fingerprint density at radius 2 is 1.75 bits per heavy atom. The number of nitrogens with one attached hydrogen (secondary N) is 1. The Morgan fingerprint density at radius 3 is 2.40 bits per heavy atom. The number of halogens is 2. The van der Waals surface area contributed by atoms with Crippen LogP contribution >= 0.6 is 23.2 Å². The summed E-state index contributed by atoms with van der Waals surface area (Å²) >= 11 is 11.9. The second-order valence-corrected chi connectivity index (χ2v) is 5.29. The van der Waals surface area contributed by atoms with Crippen LogP contribution in [0.4, 0.5) is 11.4 Å². The molecule has 2 rings (SSSR count). The molecule has 0 amide bonds. The van der Waals surface area contributed by atoms with E-state index in [1.54, 1.807) is 6.07 Å². The fraction of sp³-hybridized carbons (Fsp3) is 0.250. The SMILES string of the molecule is CCN(CCNc1ccc(Cl)c(Cl)c1)c1ccccc1. The third-order valence-electron chi connectivity index (χ3n) is 3.13. The number of likely N-dealkylation sites (N-methyl/N-ethyl adjacent to an activating group) is 1. The average molecular weight is 309 g/mol. The molecule has 0 atom stereocenters. The van der Waals surface area contributed by atoms with E-state index < -0.39 is 0 Å². The van der Waals surface area contributed by atoms with Crippen molar-refractivity contribution in [2.45, 2.75) is 6.92 Å². The van der Waals surface area contributed by atoms with Gasteiger partial charge in [-0.15, -0.1) is 0 Å². The highest BCUT2D eigenvalue weighted by Crippen LogP contribution is 2.24. The van der Waals surface area contributed by atoms with Crippen LogP contribution in [0.1, 0.15) is 6.92 Å². The first-order chi connectivity index (χ1) is 9.70. The summed E-state index contributed by atoms with van der Waals surface area (Å²) in [6, 6.07) is 16.0. The molecule has 2 nitrogen and oxygen atoms in total. The minimum atomic E-state index is 0.576. The van der Waals surface area contributed by atoms with Gasteiger partial charge in [-0.1, -0.05) is 41.4 Å². The Kier molecular flexibility index (Phi) is 5.57. The zero-order valence-corrected chi connectivity index (χ0v) is 13.0. The lowest BCUT2D eigenvalue weighted by molar-refractivity contribution is 0.835. The van der Waals surface area contributed by atoms with Crippen LogP contribution in [-0.2, 0) is 0 Å². The minimum Gasteiger partial charge on any atom is -0.383 e. The average Bonchev–Trinajstić information content (AvgIpc) is 2.48. The molecule has 1 N–H and O–H groups in total. The van der Waals surface area contributed by atoms with Crippen molar-refractivity contribution in [3.05, 3.63) is 58.6 Å². The smallest absolute Gasteiger partial charge is 0.0612 e. The van der Waals surface area contributed by atoms with Gasteiger partial charge in [0.1, 0.15) is 0 Å². The van der Waals surface area contributed by atoms with Crippen LogP contribution in [0.3, 0.4) is 0 Å². The summed E-state index contributed by atoms with van der Waals surface area (Å²) in [5.74, 6) is 0. The van der Waals surface area contributed by atoms with E-state index in [2.05, 4.69) is 41.4 Å². The quantitative estimate of drug-likeness (QED) is 0.813. The van der Waals surface area contributed by atoms with Gasteiger partial charge in [0.05, 0.1) is 10.0 Å². The van der Waals surface area contributed by atoms with Crippen molar-refractivity contribution in [3.8, 4) is 0 Å². The van der Waals surface area contributed by atoms with Crippen LogP contribution in [0.5, 0.6) is 0 Å². The summed E-state index contributed by atoms with van der Waals surface area (Å²) in [6.45, 7) is 4.92. The Morgan fingerprint density at radius 1 is 1.00 bits per heavy atom. The summed E-state index contributed by atoms with van der Waals surface area (Å²) < 4.78 is 0. The molecule has 4 heteroatoms. The molecule has 0 aromatic heterocycles. The van der Waals surface area contributed by atoms with Crippen LogP contribution in [-0.4, -0.2) is 19.6 Å². The second kappa shape index (κ2) is 7.41. The second-order valence-electron chi connectivity index (χ2n) is 4.47. The number of benzene rings is 2. The first-order valence-electron chi connectivity index (χ1n) is 6.69. The maximum atomic E-state index is 6.00. The summed E-state index contributed by atoms with van der Waals surface area (Å²) in [5.41, 5.74) is 2.23. The van der Waals surface area contributed by atoms with E-state index in [9.17, 15) is 0 Å². The highest BCUT2D eigenvalue weighted by atomic mass is 35.5. The fourth-order valence-corrected chi connectivity index (χ4v) is 2.35. The zero-order valence-electron chi connectivity index (χ0n) is 11.4. The maximum Gasteiger partial charge on any atom is 0.0612 e. The molecule has 0 saturated heterocycles. The third kappa shape index (κ3) is 4.06.